The number of ether oxygens (including phenoxy) is 1. The first-order valence-electron chi connectivity index (χ1n) is 6.40. The van der Waals surface area contributed by atoms with Gasteiger partial charge in [-0.2, -0.15) is 0 Å². The standard InChI is InChI=1S/C12H23N3O2/c1-17-7-6-15(9-2-3-9)10-4-5-12(14,8-10)11(13)16/h9-10H,2-8,14H2,1H3,(H2,13,16). The van der Waals surface area contributed by atoms with E-state index in [-0.39, 0.29) is 5.91 Å². The highest BCUT2D eigenvalue weighted by Gasteiger charge is 2.45. The third kappa shape index (κ3) is 2.78. The van der Waals surface area contributed by atoms with Gasteiger partial charge in [0.2, 0.25) is 5.91 Å². The van der Waals surface area contributed by atoms with Gasteiger partial charge in [-0.3, -0.25) is 9.69 Å². The minimum absolute atomic E-state index is 0.359. The van der Waals surface area contributed by atoms with Gasteiger partial charge in [0, 0.05) is 25.7 Å². The summed E-state index contributed by atoms with van der Waals surface area (Å²) >= 11 is 0. The van der Waals surface area contributed by atoms with E-state index < -0.39 is 5.54 Å². The van der Waals surface area contributed by atoms with E-state index in [4.69, 9.17) is 16.2 Å². The molecular formula is C12H23N3O2. The van der Waals surface area contributed by atoms with E-state index in [9.17, 15) is 4.79 Å². The maximum absolute atomic E-state index is 11.3. The van der Waals surface area contributed by atoms with Gasteiger partial charge in [0.25, 0.3) is 0 Å². The highest BCUT2D eigenvalue weighted by Crippen LogP contribution is 2.37. The lowest BCUT2D eigenvalue weighted by Crippen LogP contribution is -2.51. The lowest BCUT2D eigenvalue weighted by atomic mass is 9.98. The van der Waals surface area contributed by atoms with E-state index in [1.807, 2.05) is 0 Å². The summed E-state index contributed by atoms with van der Waals surface area (Å²) in [6.45, 7) is 1.67. The van der Waals surface area contributed by atoms with E-state index in [1.165, 1.54) is 12.8 Å². The van der Waals surface area contributed by atoms with Crippen molar-refractivity contribution in [3.8, 4) is 0 Å². The number of nitrogens with zero attached hydrogens (tertiary/aromatic N) is 1. The van der Waals surface area contributed by atoms with Crippen LogP contribution in [-0.2, 0) is 9.53 Å². The summed E-state index contributed by atoms with van der Waals surface area (Å²) in [5.74, 6) is -0.359. The van der Waals surface area contributed by atoms with Crippen LogP contribution in [-0.4, -0.2) is 48.7 Å². The number of amides is 1. The van der Waals surface area contributed by atoms with Gasteiger partial charge in [0.05, 0.1) is 12.1 Å². The van der Waals surface area contributed by atoms with Crippen molar-refractivity contribution in [1.82, 2.24) is 4.90 Å². The van der Waals surface area contributed by atoms with Gasteiger partial charge < -0.3 is 16.2 Å². The summed E-state index contributed by atoms with van der Waals surface area (Å²) in [4.78, 5) is 13.8. The van der Waals surface area contributed by atoms with Gasteiger partial charge in [-0.15, -0.1) is 0 Å². The molecule has 1 amide bonds. The van der Waals surface area contributed by atoms with Gasteiger partial charge in [0.15, 0.2) is 0 Å². The largest absolute Gasteiger partial charge is 0.383 e. The van der Waals surface area contributed by atoms with E-state index in [0.717, 1.165) is 19.6 Å². The minimum Gasteiger partial charge on any atom is -0.383 e. The summed E-state index contributed by atoms with van der Waals surface area (Å²) in [7, 11) is 1.72. The molecule has 4 N–H and O–H groups in total. The first-order valence-corrected chi connectivity index (χ1v) is 6.40. The zero-order valence-electron chi connectivity index (χ0n) is 10.5. The van der Waals surface area contributed by atoms with E-state index in [0.29, 0.717) is 24.9 Å². The Bertz CT molecular complexity index is 293. The summed E-state index contributed by atoms with van der Waals surface area (Å²) in [6, 6.07) is 1.07. The molecule has 0 aromatic heterocycles. The van der Waals surface area contributed by atoms with Crippen molar-refractivity contribution < 1.29 is 9.53 Å². The molecule has 2 atom stereocenters. The smallest absolute Gasteiger partial charge is 0.237 e. The van der Waals surface area contributed by atoms with Crippen LogP contribution in [0.25, 0.3) is 0 Å². The van der Waals surface area contributed by atoms with Crippen LogP contribution < -0.4 is 11.5 Å². The number of rotatable bonds is 6. The number of nitrogens with two attached hydrogens (primary N) is 2. The lowest BCUT2D eigenvalue weighted by Gasteiger charge is -2.29. The molecule has 2 fully saturated rings. The fourth-order valence-corrected chi connectivity index (χ4v) is 2.82. The van der Waals surface area contributed by atoms with Crippen molar-refractivity contribution in [3.05, 3.63) is 0 Å². The van der Waals surface area contributed by atoms with E-state index in [1.54, 1.807) is 7.11 Å². The molecule has 2 unspecified atom stereocenters. The highest BCUT2D eigenvalue weighted by atomic mass is 16.5. The first-order chi connectivity index (χ1) is 8.07. The second kappa shape index (κ2) is 4.92. The molecular weight excluding hydrogens is 218 g/mol. The molecule has 0 aromatic carbocycles. The molecule has 5 heteroatoms. The molecule has 2 aliphatic carbocycles. The maximum Gasteiger partial charge on any atom is 0.237 e. The quantitative estimate of drug-likeness (QED) is 0.676. The molecule has 2 saturated carbocycles. The lowest BCUT2D eigenvalue weighted by molar-refractivity contribution is -0.123. The van der Waals surface area contributed by atoms with Crippen molar-refractivity contribution >= 4 is 5.91 Å². The summed E-state index contributed by atoms with van der Waals surface area (Å²) < 4.78 is 5.14. The molecule has 0 aliphatic heterocycles. The third-order valence-corrected chi connectivity index (χ3v) is 4.05. The Morgan fingerprint density at radius 1 is 1.41 bits per heavy atom. The molecule has 5 nitrogen and oxygen atoms in total. The zero-order valence-corrected chi connectivity index (χ0v) is 10.5. The Balaban J connectivity index is 1.94. The molecule has 2 rings (SSSR count). The third-order valence-electron chi connectivity index (χ3n) is 4.05. The number of carbonyl (C=O) groups excluding carboxylic acids is 1. The van der Waals surface area contributed by atoms with Gasteiger partial charge >= 0.3 is 0 Å². The molecule has 0 radical (unpaired) electrons. The minimum atomic E-state index is -0.787. The van der Waals surface area contributed by atoms with Crippen LogP contribution in [0.2, 0.25) is 0 Å². The van der Waals surface area contributed by atoms with E-state index >= 15 is 0 Å². The topological polar surface area (TPSA) is 81.6 Å². The normalized spacial score (nSPS) is 33.2. The molecule has 98 valence electrons. The Kier molecular flexibility index (Phi) is 3.70. The SMILES string of the molecule is COCCN(C1CC1)C1CCC(N)(C(N)=O)C1. The molecule has 0 heterocycles. The van der Waals surface area contributed by atoms with E-state index in [2.05, 4.69) is 4.90 Å². The molecule has 0 bridgehead atoms. The molecule has 2 aliphatic rings. The van der Waals surface area contributed by atoms with Gasteiger partial charge in [-0.1, -0.05) is 0 Å². The average Bonchev–Trinajstić information content (AvgIpc) is 3.03. The van der Waals surface area contributed by atoms with Crippen LogP contribution in [0.15, 0.2) is 0 Å². The van der Waals surface area contributed by atoms with Crippen molar-refractivity contribution in [3.63, 3.8) is 0 Å². The van der Waals surface area contributed by atoms with Crippen molar-refractivity contribution in [1.29, 1.82) is 0 Å². The summed E-state index contributed by atoms with van der Waals surface area (Å²) in [6.07, 6.45) is 4.90. The van der Waals surface area contributed by atoms with Crippen LogP contribution in [0.1, 0.15) is 32.1 Å². The Morgan fingerprint density at radius 3 is 2.59 bits per heavy atom. The summed E-state index contributed by atoms with van der Waals surface area (Å²) in [5.41, 5.74) is 10.6. The molecule has 0 spiro atoms. The monoisotopic (exact) mass is 241 g/mol. The Hall–Kier alpha value is -0.650. The molecule has 0 aromatic rings. The fraction of sp³-hybridized carbons (Fsp3) is 0.917. The Labute approximate surface area is 102 Å². The predicted molar refractivity (Wildman–Crippen MR) is 65.4 cm³/mol. The van der Waals surface area contributed by atoms with Gasteiger partial charge in [-0.25, -0.2) is 0 Å². The van der Waals surface area contributed by atoms with Crippen LogP contribution in [0.3, 0.4) is 0 Å². The number of methoxy groups -OCH3 is 1. The van der Waals surface area contributed by atoms with Gasteiger partial charge in [0.1, 0.15) is 0 Å². The molecule has 0 saturated heterocycles. The number of carbonyl (C=O) groups is 1. The zero-order chi connectivity index (χ0) is 12.5. The van der Waals surface area contributed by atoms with Crippen molar-refractivity contribution in [2.45, 2.75) is 49.7 Å². The first kappa shape index (κ1) is 12.8. The number of hydrogen-bond acceptors (Lipinski definition) is 4. The van der Waals surface area contributed by atoms with Crippen LogP contribution >= 0.6 is 0 Å². The average molecular weight is 241 g/mol. The van der Waals surface area contributed by atoms with Crippen molar-refractivity contribution in [2.24, 2.45) is 11.5 Å². The Morgan fingerprint density at radius 2 is 2.12 bits per heavy atom. The van der Waals surface area contributed by atoms with Crippen LogP contribution in [0, 0.1) is 0 Å². The second-order valence-corrected chi connectivity index (χ2v) is 5.38. The number of hydrogen-bond donors (Lipinski definition) is 2. The van der Waals surface area contributed by atoms with Crippen LogP contribution in [0.4, 0.5) is 0 Å². The number of primary amides is 1. The second-order valence-electron chi connectivity index (χ2n) is 5.38. The van der Waals surface area contributed by atoms with Crippen LogP contribution in [0.5, 0.6) is 0 Å². The van der Waals surface area contributed by atoms with Crippen molar-refractivity contribution in [2.75, 3.05) is 20.3 Å². The maximum atomic E-state index is 11.3. The summed E-state index contributed by atoms with van der Waals surface area (Å²) in [5, 5.41) is 0. The highest BCUT2D eigenvalue weighted by molar-refractivity contribution is 5.84. The predicted octanol–water partition coefficient (Wildman–Crippen LogP) is -0.167. The fourth-order valence-electron chi connectivity index (χ4n) is 2.82. The van der Waals surface area contributed by atoms with Gasteiger partial charge in [-0.05, 0) is 32.1 Å². The molecule has 17 heavy (non-hydrogen) atoms.